The third kappa shape index (κ3) is 5.76. The number of amides is 1. The molecule has 178 valence electrons. The van der Waals surface area contributed by atoms with E-state index in [0.29, 0.717) is 21.8 Å². The summed E-state index contributed by atoms with van der Waals surface area (Å²) in [6.07, 6.45) is 0. The highest BCUT2D eigenvalue weighted by Gasteiger charge is 2.27. The van der Waals surface area contributed by atoms with Crippen LogP contribution in [0.5, 0.6) is 0 Å². The minimum Gasteiger partial charge on any atom is -0.462 e. The number of nitrogens with one attached hydrogen (secondary N) is 1. The van der Waals surface area contributed by atoms with Gasteiger partial charge in [0.1, 0.15) is 6.54 Å². The van der Waals surface area contributed by atoms with Crippen molar-refractivity contribution in [1.29, 1.82) is 0 Å². The number of anilines is 2. The first-order chi connectivity index (χ1) is 16.1. The van der Waals surface area contributed by atoms with Crippen LogP contribution in [-0.2, 0) is 19.6 Å². The van der Waals surface area contributed by atoms with Gasteiger partial charge in [-0.25, -0.2) is 13.2 Å². The summed E-state index contributed by atoms with van der Waals surface area (Å²) in [5.74, 6) is -1.01. The lowest BCUT2D eigenvalue weighted by Gasteiger charge is -2.24. The van der Waals surface area contributed by atoms with Crippen molar-refractivity contribution in [3.05, 3.63) is 88.4 Å². The van der Waals surface area contributed by atoms with Crippen molar-refractivity contribution in [3.63, 3.8) is 0 Å². The molecule has 0 aromatic heterocycles. The molecule has 0 heterocycles. The zero-order valence-corrected chi connectivity index (χ0v) is 20.6. The average Bonchev–Trinajstić information content (AvgIpc) is 2.81. The van der Waals surface area contributed by atoms with Crippen LogP contribution in [0.4, 0.5) is 11.4 Å². The number of rotatable bonds is 8. The number of hydrogen-bond acceptors (Lipinski definition) is 5. The molecule has 0 aliphatic heterocycles. The van der Waals surface area contributed by atoms with E-state index in [0.717, 1.165) is 9.87 Å². The van der Waals surface area contributed by atoms with Crippen LogP contribution in [0.2, 0.25) is 5.02 Å². The van der Waals surface area contributed by atoms with Crippen LogP contribution in [0.3, 0.4) is 0 Å². The highest BCUT2D eigenvalue weighted by Crippen LogP contribution is 2.28. The van der Waals surface area contributed by atoms with E-state index in [1.54, 1.807) is 69.3 Å². The van der Waals surface area contributed by atoms with Crippen molar-refractivity contribution in [1.82, 2.24) is 0 Å². The molecular weight excluding hydrogens is 476 g/mol. The number of sulfonamides is 1. The molecule has 1 amide bonds. The van der Waals surface area contributed by atoms with Crippen LogP contribution in [0, 0.1) is 13.8 Å². The summed E-state index contributed by atoms with van der Waals surface area (Å²) in [5, 5.41) is 3.11. The summed E-state index contributed by atoms with van der Waals surface area (Å²) >= 11 is 6.24. The fourth-order valence-electron chi connectivity index (χ4n) is 3.24. The van der Waals surface area contributed by atoms with Crippen LogP contribution < -0.4 is 9.62 Å². The molecule has 0 spiro atoms. The zero-order valence-electron chi connectivity index (χ0n) is 19.0. The van der Waals surface area contributed by atoms with E-state index in [1.807, 2.05) is 0 Å². The summed E-state index contributed by atoms with van der Waals surface area (Å²) in [6.45, 7) is 5.03. The molecule has 7 nitrogen and oxygen atoms in total. The monoisotopic (exact) mass is 500 g/mol. The molecule has 1 N–H and O–H groups in total. The number of nitrogens with zero attached hydrogens (tertiary/aromatic N) is 1. The van der Waals surface area contributed by atoms with Gasteiger partial charge in [-0.2, -0.15) is 0 Å². The molecule has 34 heavy (non-hydrogen) atoms. The predicted molar refractivity (Wildman–Crippen MR) is 133 cm³/mol. The van der Waals surface area contributed by atoms with Crippen LogP contribution >= 0.6 is 11.6 Å². The van der Waals surface area contributed by atoms with Crippen LogP contribution in [0.15, 0.2) is 71.6 Å². The third-order valence-electron chi connectivity index (χ3n) is 5.07. The second-order valence-electron chi connectivity index (χ2n) is 7.56. The standard InChI is InChI=1S/C25H25ClN2O5S/c1-4-33-25(30)19-11-13-23(18(3)14-19)27-24(29)16-28(20-12-10-17(2)22(26)15-20)34(31,32)21-8-6-5-7-9-21/h5-15H,4,16H2,1-3H3,(H,27,29). The first kappa shape index (κ1) is 25.3. The molecule has 3 rings (SSSR count). The van der Waals surface area contributed by atoms with Gasteiger partial charge in [0.25, 0.3) is 10.0 Å². The van der Waals surface area contributed by atoms with Gasteiger partial charge in [-0.05, 0) is 74.4 Å². The third-order valence-corrected chi connectivity index (χ3v) is 7.27. The van der Waals surface area contributed by atoms with Crippen molar-refractivity contribution in [2.24, 2.45) is 0 Å². The molecule has 0 unspecified atom stereocenters. The summed E-state index contributed by atoms with van der Waals surface area (Å²) < 4.78 is 32.8. The minimum absolute atomic E-state index is 0.0504. The molecule has 0 radical (unpaired) electrons. The maximum atomic E-state index is 13.4. The molecule has 9 heteroatoms. The Morgan fingerprint density at radius 1 is 0.971 bits per heavy atom. The van der Waals surface area contributed by atoms with Gasteiger partial charge < -0.3 is 10.1 Å². The largest absolute Gasteiger partial charge is 0.462 e. The zero-order chi connectivity index (χ0) is 24.9. The number of hydrogen-bond donors (Lipinski definition) is 1. The lowest BCUT2D eigenvalue weighted by atomic mass is 10.1. The molecule has 0 saturated heterocycles. The minimum atomic E-state index is -4.05. The first-order valence-corrected chi connectivity index (χ1v) is 12.4. The highest BCUT2D eigenvalue weighted by molar-refractivity contribution is 7.92. The summed E-state index contributed by atoms with van der Waals surface area (Å²) in [7, 11) is -4.05. The average molecular weight is 501 g/mol. The van der Waals surface area contributed by atoms with Crippen molar-refractivity contribution in [2.45, 2.75) is 25.7 Å². The number of halogens is 1. The summed E-state index contributed by atoms with van der Waals surface area (Å²) in [6, 6.07) is 17.4. The van der Waals surface area contributed by atoms with E-state index in [9.17, 15) is 18.0 Å². The molecule has 0 aliphatic carbocycles. The maximum Gasteiger partial charge on any atom is 0.338 e. The number of benzene rings is 3. The summed E-state index contributed by atoms with van der Waals surface area (Å²) in [5.41, 5.74) is 2.50. The van der Waals surface area contributed by atoms with Gasteiger partial charge >= 0.3 is 5.97 Å². The van der Waals surface area contributed by atoms with Gasteiger partial charge in [-0.15, -0.1) is 0 Å². The number of aryl methyl sites for hydroxylation is 2. The van der Waals surface area contributed by atoms with Crippen molar-refractivity contribution in [3.8, 4) is 0 Å². The van der Waals surface area contributed by atoms with Crippen molar-refractivity contribution in [2.75, 3.05) is 22.8 Å². The fourth-order valence-corrected chi connectivity index (χ4v) is 4.85. The number of esters is 1. The molecular formula is C25H25ClN2O5S. The number of ether oxygens (including phenoxy) is 1. The van der Waals surface area contributed by atoms with Crippen LogP contribution in [0.1, 0.15) is 28.4 Å². The lowest BCUT2D eigenvalue weighted by molar-refractivity contribution is -0.114. The number of carbonyl (C=O) groups excluding carboxylic acids is 2. The Kier molecular flexibility index (Phi) is 7.96. The molecule has 3 aromatic rings. The molecule has 0 fully saturated rings. The Balaban J connectivity index is 1.90. The second-order valence-corrected chi connectivity index (χ2v) is 9.83. The Morgan fingerprint density at radius 2 is 1.68 bits per heavy atom. The van der Waals surface area contributed by atoms with E-state index >= 15 is 0 Å². The van der Waals surface area contributed by atoms with Gasteiger partial charge in [0.2, 0.25) is 5.91 Å². The molecule has 3 aromatic carbocycles. The molecule has 0 atom stereocenters. The van der Waals surface area contributed by atoms with Gasteiger partial charge in [-0.3, -0.25) is 9.10 Å². The van der Waals surface area contributed by atoms with Gasteiger partial charge in [0.15, 0.2) is 0 Å². The summed E-state index contributed by atoms with van der Waals surface area (Å²) in [4.78, 5) is 24.9. The smallest absolute Gasteiger partial charge is 0.338 e. The number of carbonyl (C=O) groups is 2. The van der Waals surface area contributed by atoms with Gasteiger partial charge in [0.05, 0.1) is 22.8 Å². The van der Waals surface area contributed by atoms with Crippen LogP contribution in [0.25, 0.3) is 0 Å². The van der Waals surface area contributed by atoms with Gasteiger partial charge in [-0.1, -0.05) is 35.9 Å². The van der Waals surface area contributed by atoms with Crippen LogP contribution in [-0.4, -0.2) is 33.4 Å². The Morgan fingerprint density at radius 3 is 2.29 bits per heavy atom. The molecule has 0 saturated carbocycles. The van der Waals surface area contributed by atoms with E-state index in [-0.39, 0.29) is 17.2 Å². The Labute approximate surface area is 204 Å². The SMILES string of the molecule is CCOC(=O)c1ccc(NC(=O)CN(c2ccc(C)c(Cl)c2)S(=O)(=O)c2ccccc2)c(C)c1. The fraction of sp³-hybridized carbons (Fsp3) is 0.200. The quantitative estimate of drug-likeness (QED) is 0.441. The topological polar surface area (TPSA) is 92.8 Å². The molecule has 0 aliphatic rings. The normalized spacial score (nSPS) is 11.1. The second kappa shape index (κ2) is 10.7. The Hall–Kier alpha value is -3.36. The highest BCUT2D eigenvalue weighted by atomic mass is 35.5. The molecule has 0 bridgehead atoms. The lowest BCUT2D eigenvalue weighted by Crippen LogP contribution is -2.38. The first-order valence-electron chi connectivity index (χ1n) is 10.5. The van der Waals surface area contributed by atoms with E-state index in [1.165, 1.54) is 18.2 Å². The maximum absolute atomic E-state index is 13.4. The predicted octanol–water partition coefficient (Wildman–Crippen LogP) is 4.97. The van der Waals surface area contributed by atoms with Crippen molar-refractivity contribution < 1.29 is 22.7 Å². The van der Waals surface area contributed by atoms with E-state index < -0.39 is 28.4 Å². The Bertz CT molecular complexity index is 1310. The van der Waals surface area contributed by atoms with E-state index in [2.05, 4.69) is 5.32 Å². The van der Waals surface area contributed by atoms with E-state index in [4.69, 9.17) is 16.3 Å². The van der Waals surface area contributed by atoms with Crippen molar-refractivity contribution >= 4 is 44.9 Å². The van der Waals surface area contributed by atoms with Gasteiger partial charge in [0, 0.05) is 10.7 Å².